The van der Waals surface area contributed by atoms with Crippen LogP contribution in [0.1, 0.15) is 23.3 Å². The van der Waals surface area contributed by atoms with Crippen LogP contribution in [0.15, 0.2) is 18.2 Å². The summed E-state index contributed by atoms with van der Waals surface area (Å²) in [6, 6.07) is 5.17. The van der Waals surface area contributed by atoms with Crippen LogP contribution in [-0.4, -0.2) is 52.7 Å². The van der Waals surface area contributed by atoms with Crippen LogP contribution in [0, 0.1) is 0 Å². The fourth-order valence-corrected chi connectivity index (χ4v) is 3.25. The second-order valence-corrected chi connectivity index (χ2v) is 6.97. The molecule has 13 heteroatoms. The maximum Gasteiger partial charge on any atom is 0.491 e. The number of hydrogen-bond donors (Lipinski definition) is 1. The van der Waals surface area contributed by atoms with Crippen molar-refractivity contribution >= 4 is 40.8 Å². The first kappa shape index (κ1) is 21.2. The number of hydrogen-bond acceptors (Lipinski definition) is 7. The normalized spacial score (nSPS) is 15.3. The Bertz CT molecular complexity index is 894. The van der Waals surface area contributed by atoms with Crippen molar-refractivity contribution in [1.82, 2.24) is 15.4 Å². The number of carbonyl (C=O) groups excluding carboxylic acids is 2. The Hall–Kier alpha value is -2.53. The van der Waals surface area contributed by atoms with Crippen LogP contribution in [0.5, 0.6) is 5.88 Å². The summed E-state index contributed by atoms with van der Waals surface area (Å²) >= 11 is 12.0. The predicted molar refractivity (Wildman–Crippen MR) is 95.2 cm³/mol. The Morgan fingerprint density at radius 3 is 2.34 bits per heavy atom. The van der Waals surface area contributed by atoms with Crippen LogP contribution in [0.3, 0.4) is 0 Å². The van der Waals surface area contributed by atoms with Crippen molar-refractivity contribution in [1.29, 1.82) is 0 Å². The zero-order valence-electron chi connectivity index (χ0n) is 14.5. The van der Waals surface area contributed by atoms with Gasteiger partial charge in [0.15, 0.2) is 0 Å². The molecule has 1 aliphatic heterocycles. The Labute approximate surface area is 171 Å². The lowest BCUT2D eigenvalue weighted by molar-refractivity contribution is -0.193. The zero-order chi connectivity index (χ0) is 21.2. The SMILES string of the molecule is O=C(OC(=O)C(F)(F)F)c1[nH]nnc1OC1CCN(c2cc(Cl)cc(Cl)c2)CC1. The quantitative estimate of drug-likeness (QED) is 0.560. The van der Waals surface area contributed by atoms with Crippen molar-refractivity contribution in [2.45, 2.75) is 25.1 Å². The van der Waals surface area contributed by atoms with Crippen molar-refractivity contribution in [3.8, 4) is 5.88 Å². The van der Waals surface area contributed by atoms with Gasteiger partial charge in [0.25, 0.3) is 5.88 Å². The zero-order valence-corrected chi connectivity index (χ0v) is 16.0. The van der Waals surface area contributed by atoms with E-state index in [4.69, 9.17) is 27.9 Å². The van der Waals surface area contributed by atoms with Gasteiger partial charge in [0.2, 0.25) is 5.69 Å². The number of anilines is 1. The molecule has 3 rings (SSSR count). The van der Waals surface area contributed by atoms with Gasteiger partial charge in [-0.15, -0.1) is 0 Å². The van der Waals surface area contributed by atoms with Gasteiger partial charge in [-0.1, -0.05) is 33.5 Å². The molecule has 2 heterocycles. The van der Waals surface area contributed by atoms with Gasteiger partial charge in [0.1, 0.15) is 6.10 Å². The minimum atomic E-state index is -5.31. The average Bonchev–Trinajstić information content (AvgIpc) is 3.09. The van der Waals surface area contributed by atoms with Gasteiger partial charge >= 0.3 is 18.1 Å². The Kier molecular flexibility index (Phi) is 6.18. The lowest BCUT2D eigenvalue weighted by Crippen LogP contribution is -2.38. The average molecular weight is 453 g/mol. The van der Waals surface area contributed by atoms with E-state index in [1.165, 1.54) is 0 Å². The molecule has 1 aliphatic rings. The van der Waals surface area contributed by atoms with Gasteiger partial charge in [-0.05, 0) is 18.2 Å². The number of benzene rings is 1. The first-order chi connectivity index (χ1) is 13.6. The number of aromatic nitrogens is 3. The Morgan fingerprint density at radius 1 is 1.14 bits per heavy atom. The highest BCUT2D eigenvalue weighted by atomic mass is 35.5. The third-order valence-electron chi connectivity index (χ3n) is 4.07. The van der Waals surface area contributed by atoms with Gasteiger partial charge < -0.3 is 14.4 Å². The molecule has 1 saturated heterocycles. The number of nitrogens with zero attached hydrogens (tertiary/aromatic N) is 3. The third kappa shape index (κ3) is 5.30. The number of esters is 2. The molecule has 29 heavy (non-hydrogen) atoms. The van der Waals surface area contributed by atoms with Crippen LogP contribution in [-0.2, 0) is 9.53 Å². The molecular weight excluding hydrogens is 440 g/mol. The molecule has 1 fully saturated rings. The molecule has 2 aromatic rings. The third-order valence-corrected chi connectivity index (χ3v) is 4.51. The number of carbonyl (C=O) groups is 2. The van der Waals surface area contributed by atoms with Crippen molar-refractivity contribution in [3.05, 3.63) is 33.9 Å². The maximum absolute atomic E-state index is 12.2. The minimum Gasteiger partial charge on any atom is -0.471 e. The lowest BCUT2D eigenvalue weighted by atomic mass is 10.1. The van der Waals surface area contributed by atoms with Gasteiger partial charge in [0.05, 0.1) is 0 Å². The topological polar surface area (TPSA) is 97.4 Å². The summed E-state index contributed by atoms with van der Waals surface area (Å²) in [5, 5.41) is 9.95. The van der Waals surface area contributed by atoms with E-state index in [2.05, 4.69) is 20.1 Å². The number of halogens is 5. The van der Waals surface area contributed by atoms with E-state index in [1.54, 1.807) is 18.2 Å². The van der Waals surface area contributed by atoms with E-state index in [0.717, 1.165) is 5.69 Å². The van der Waals surface area contributed by atoms with Crippen LogP contribution >= 0.6 is 23.2 Å². The van der Waals surface area contributed by atoms with E-state index < -0.39 is 23.8 Å². The van der Waals surface area contributed by atoms with Crippen LogP contribution in [0.4, 0.5) is 18.9 Å². The van der Waals surface area contributed by atoms with Crippen LogP contribution in [0.2, 0.25) is 10.0 Å². The van der Waals surface area contributed by atoms with Gasteiger partial charge in [0, 0.05) is 41.7 Å². The second-order valence-electron chi connectivity index (χ2n) is 6.10. The number of aromatic amines is 1. The fraction of sp³-hybridized carbons (Fsp3) is 0.375. The molecule has 1 aromatic heterocycles. The summed E-state index contributed by atoms with van der Waals surface area (Å²) in [7, 11) is 0. The summed E-state index contributed by atoms with van der Waals surface area (Å²) < 4.78 is 46.0. The van der Waals surface area contributed by atoms with Gasteiger partial charge in [-0.2, -0.15) is 13.2 Å². The largest absolute Gasteiger partial charge is 0.491 e. The smallest absolute Gasteiger partial charge is 0.471 e. The molecule has 0 radical (unpaired) electrons. The summed E-state index contributed by atoms with van der Waals surface area (Å²) in [5.41, 5.74) is 0.268. The van der Waals surface area contributed by atoms with E-state index in [1.807, 2.05) is 4.90 Å². The minimum absolute atomic E-state index is 0.339. The highest BCUT2D eigenvalue weighted by Gasteiger charge is 2.43. The molecule has 0 bridgehead atoms. The van der Waals surface area contributed by atoms with Crippen molar-refractivity contribution in [2.75, 3.05) is 18.0 Å². The molecule has 0 aliphatic carbocycles. The molecule has 156 valence electrons. The number of rotatable bonds is 4. The fourth-order valence-electron chi connectivity index (χ4n) is 2.74. The first-order valence-corrected chi connectivity index (χ1v) is 9.01. The van der Waals surface area contributed by atoms with Crippen LogP contribution < -0.4 is 9.64 Å². The maximum atomic E-state index is 12.2. The van der Waals surface area contributed by atoms with Crippen LogP contribution in [0.25, 0.3) is 0 Å². The second kappa shape index (κ2) is 8.46. The van der Waals surface area contributed by atoms with Crippen molar-refractivity contribution in [2.24, 2.45) is 0 Å². The molecular formula is C16H13Cl2F3N4O4. The lowest BCUT2D eigenvalue weighted by Gasteiger charge is -2.33. The monoisotopic (exact) mass is 452 g/mol. The summed E-state index contributed by atoms with van der Waals surface area (Å²) in [5.74, 6) is -4.57. The molecule has 1 N–H and O–H groups in total. The number of H-pyrrole nitrogens is 1. The van der Waals surface area contributed by atoms with Crippen molar-refractivity contribution in [3.63, 3.8) is 0 Å². The van der Waals surface area contributed by atoms with E-state index >= 15 is 0 Å². The Morgan fingerprint density at radius 2 is 1.76 bits per heavy atom. The molecule has 0 atom stereocenters. The number of piperidine rings is 1. The van der Waals surface area contributed by atoms with E-state index in [-0.39, 0.29) is 12.0 Å². The van der Waals surface area contributed by atoms with Crippen molar-refractivity contribution < 1.29 is 32.2 Å². The molecule has 0 saturated carbocycles. The molecule has 0 amide bonds. The van der Waals surface area contributed by atoms with E-state index in [0.29, 0.717) is 36.0 Å². The Balaban J connectivity index is 1.59. The number of nitrogens with one attached hydrogen (secondary N) is 1. The molecule has 8 nitrogen and oxygen atoms in total. The highest BCUT2D eigenvalue weighted by Crippen LogP contribution is 2.29. The molecule has 0 unspecified atom stereocenters. The molecule has 0 spiro atoms. The van der Waals surface area contributed by atoms with Gasteiger partial charge in [-0.25, -0.2) is 14.7 Å². The summed E-state index contributed by atoms with van der Waals surface area (Å²) in [6.07, 6.45) is -4.64. The number of ether oxygens (including phenoxy) is 2. The highest BCUT2D eigenvalue weighted by molar-refractivity contribution is 6.35. The van der Waals surface area contributed by atoms with E-state index in [9.17, 15) is 22.8 Å². The summed E-state index contributed by atoms with van der Waals surface area (Å²) in [6.45, 7) is 1.15. The molecule has 1 aromatic carbocycles. The predicted octanol–water partition coefficient (Wildman–Crippen LogP) is 3.41. The first-order valence-electron chi connectivity index (χ1n) is 8.25. The standard InChI is InChI=1S/C16H13Cl2F3N4O4/c17-8-5-9(18)7-10(6-8)25-3-1-11(2-4-25)28-13-12(22-24-23-13)14(26)29-15(27)16(19,20)21/h5-7,11H,1-4H2,(H,22,23,24). The van der Waals surface area contributed by atoms with Gasteiger partial charge in [-0.3, -0.25) is 0 Å². The number of alkyl halides is 3. The summed E-state index contributed by atoms with van der Waals surface area (Å²) in [4.78, 5) is 24.6.